The van der Waals surface area contributed by atoms with Crippen LogP contribution in [0.1, 0.15) is 5.56 Å². The Morgan fingerprint density at radius 3 is 2.94 bits per heavy atom. The molecule has 1 N–H and O–H groups in total. The summed E-state index contributed by atoms with van der Waals surface area (Å²) in [6.07, 6.45) is 2.94. The maximum Gasteiger partial charge on any atom is 0.123 e. The van der Waals surface area contributed by atoms with Crippen LogP contribution in [0.5, 0.6) is 0 Å². The lowest BCUT2D eigenvalue weighted by atomic mass is 10.1. The molecule has 1 aliphatic heterocycles. The van der Waals surface area contributed by atoms with E-state index in [0.29, 0.717) is 0 Å². The van der Waals surface area contributed by atoms with Crippen molar-refractivity contribution in [2.75, 3.05) is 32.8 Å². The Labute approximate surface area is 106 Å². The van der Waals surface area contributed by atoms with Crippen molar-refractivity contribution in [3.05, 3.63) is 35.8 Å². The molecule has 0 bridgehead atoms. The summed E-state index contributed by atoms with van der Waals surface area (Å²) in [5.74, 6) is -0.172. The Morgan fingerprint density at radius 1 is 1.28 bits per heavy atom. The lowest BCUT2D eigenvalue weighted by Gasteiger charge is -2.26. The predicted octanol–water partition coefficient (Wildman–Crippen LogP) is 2.18. The summed E-state index contributed by atoms with van der Waals surface area (Å²) >= 11 is 0. The number of hydrogen-bond donors (Lipinski definition) is 1. The summed E-state index contributed by atoms with van der Waals surface area (Å²) in [7, 11) is 0. The Bertz CT molecular complexity index is 532. The van der Waals surface area contributed by atoms with Crippen molar-refractivity contribution in [3.8, 4) is 0 Å². The van der Waals surface area contributed by atoms with Gasteiger partial charge in [0.2, 0.25) is 0 Å². The van der Waals surface area contributed by atoms with Crippen LogP contribution in [0.2, 0.25) is 0 Å². The maximum atomic E-state index is 13.2. The molecule has 1 saturated heterocycles. The molecule has 18 heavy (non-hydrogen) atoms. The van der Waals surface area contributed by atoms with E-state index in [1.54, 1.807) is 12.1 Å². The highest BCUT2D eigenvalue weighted by molar-refractivity contribution is 5.83. The molecule has 96 valence electrons. The fourth-order valence-electron chi connectivity index (χ4n) is 2.46. The number of rotatable bonds is 3. The van der Waals surface area contributed by atoms with E-state index in [2.05, 4.69) is 9.88 Å². The van der Waals surface area contributed by atoms with Gasteiger partial charge < -0.3 is 9.72 Å². The van der Waals surface area contributed by atoms with Gasteiger partial charge in [-0.2, -0.15) is 0 Å². The molecule has 1 aromatic heterocycles. The van der Waals surface area contributed by atoms with Crippen LogP contribution in [0, 0.1) is 5.82 Å². The molecule has 2 aromatic rings. The molecule has 1 aromatic carbocycles. The highest BCUT2D eigenvalue weighted by Gasteiger charge is 2.11. The van der Waals surface area contributed by atoms with Crippen molar-refractivity contribution in [2.24, 2.45) is 0 Å². The van der Waals surface area contributed by atoms with Crippen LogP contribution in [0.25, 0.3) is 10.9 Å². The van der Waals surface area contributed by atoms with Gasteiger partial charge in [-0.25, -0.2) is 4.39 Å². The fourth-order valence-corrected chi connectivity index (χ4v) is 2.46. The molecule has 3 nitrogen and oxygen atoms in total. The van der Waals surface area contributed by atoms with E-state index in [0.717, 1.165) is 50.2 Å². The third kappa shape index (κ3) is 2.40. The standard InChI is InChI=1S/C14H17FN2O/c15-12-1-2-14-13(9-12)11(10-16-14)3-4-17-5-7-18-8-6-17/h1-2,9-10,16H,3-8H2. The number of hydrogen-bond acceptors (Lipinski definition) is 2. The van der Waals surface area contributed by atoms with Gasteiger partial charge in [0.05, 0.1) is 13.2 Å². The number of aromatic nitrogens is 1. The van der Waals surface area contributed by atoms with Crippen molar-refractivity contribution in [2.45, 2.75) is 6.42 Å². The molecule has 0 saturated carbocycles. The first kappa shape index (κ1) is 11.7. The van der Waals surface area contributed by atoms with Crippen LogP contribution in [-0.4, -0.2) is 42.7 Å². The number of fused-ring (bicyclic) bond motifs is 1. The van der Waals surface area contributed by atoms with Crippen molar-refractivity contribution in [1.29, 1.82) is 0 Å². The van der Waals surface area contributed by atoms with Crippen LogP contribution in [0.3, 0.4) is 0 Å². The lowest BCUT2D eigenvalue weighted by Crippen LogP contribution is -2.37. The molecular formula is C14H17FN2O. The third-order valence-corrected chi connectivity index (χ3v) is 3.53. The summed E-state index contributed by atoms with van der Waals surface area (Å²) in [6, 6.07) is 4.90. The average molecular weight is 248 g/mol. The monoisotopic (exact) mass is 248 g/mol. The second-order valence-electron chi connectivity index (χ2n) is 4.71. The van der Waals surface area contributed by atoms with Gasteiger partial charge >= 0.3 is 0 Å². The largest absolute Gasteiger partial charge is 0.379 e. The molecule has 0 amide bonds. The number of morpholine rings is 1. The zero-order chi connectivity index (χ0) is 12.4. The molecule has 0 atom stereocenters. The Morgan fingerprint density at radius 2 is 2.11 bits per heavy atom. The number of nitrogens with one attached hydrogen (secondary N) is 1. The lowest BCUT2D eigenvalue weighted by molar-refractivity contribution is 0.0385. The Hall–Kier alpha value is -1.39. The van der Waals surface area contributed by atoms with E-state index in [1.807, 2.05) is 6.20 Å². The Balaban J connectivity index is 1.72. The van der Waals surface area contributed by atoms with Crippen LogP contribution >= 0.6 is 0 Å². The van der Waals surface area contributed by atoms with E-state index >= 15 is 0 Å². The van der Waals surface area contributed by atoms with Crippen LogP contribution in [0.15, 0.2) is 24.4 Å². The van der Waals surface area contributed by atoms with Crippen molar-refractivity contribution < 1.29 is 9.13 Å². The SMILES string of the molecule is Fc1ccc2[nH]cc(CCN3CCOCC3)c2c1. The molecule has 0 spiro atoms. The molecule has 0 aliphatic carbocycles. The maximum absolute atomic E-state index is 13.2. The van der Waals surface area contributed by atoms with Crippen LogP contribution in [-0.2, 0) is 11.2 Å². The van der Waals surface area contributed by atoms with Gasteiger partial charge in [-0.15, -0.1) is 0 Å². The van der Waals surface area contributed by atoms with Gasteiger partial charge in [-0.1, -0.05) is 0 Å². The quantitative estimate of drug-likeness (QED) is 0.901. The van der Waals surface area contributed by atoms with Crippen molar-refractivity contribution in [3.63, 3.8) is 0 Å². The average Bonchev–Trinajstić information content (AvgIpc) is 2.80. The summed E-state index contributed by atoms with van der Waals surface area (Å²) in [5, 5.41) is 1.00. The topological polar surface area (TPSA) is 28.3 Å². The van der Waals surface area contributed by atoms with Gasteiger partial charge in [0.1, 0.15) is 5.82 Å². The summed E-state index contributed by atoms with van der Waals surface area (Å²) in [5.41, 5.74) is 2.20. The van der Waals surface area contributed by atoms with Crippen LogP contribution < -0.4 is 0 Å². The highest BCUT2D eigenvalue weighted by Crippen LogP contribution is 2.20. The first-order valence-corrected chi connectivity index (χ1v) is 6.38. The van der Waals surface area contributed by atoms with Gasteiger partial charge in [0.25, 0.3) is 0 Å². The summed E-state index contributed by atoms with van der Waals surface area (Å²) < 4.78 is 18.6. The number of nitrogens with zero attached hydrogens (tertiary/aromatic N) is 1. The molecule has 4 heteroatoms. The fraction of sp³-hybridized carbons (Fsp3) is 0.429. The van der Waals surface area contributed by atoms with Gasteiger partial charge in [0, 0.05) is 36.7 Å². The number of halogens is 1. The number of benzene rings is 1. The summed E-state index contributed by atoms with van der Waals surface area (Å²) in [6.45, 7) is 4.64. The second kappa shape index (κ2) is 5.08. The molecule has 1 fully saturated rings. The van der Waals surface area contributed by atoms with Gasteiger partial charge in [-0.3, -0.25) is 4.90 Å². The van der Waals surface area contributed by atoms with Crippen molar-refractivity contribution >= 4 is 10.9 Å². The van der Waals surface area contributed by atoms with Gasteiger partial charge in [0.15, 0.2) is 0 Å². The van der Waals surface area contributed by atoms with E-state index < -0.39 is 0 Å². The number of ether oxygens (including phenoxy) is 1. The first-order chi connectivity index (χ1) is 8.83. The molecule has 2 heterocycles. The molecule has 3 rings (SSSR count). The molecule has 0 unspecified atom stereocenters. The van der Waals surface area contributed by atoms with E-state index in [4.69, 9.17) is 4.74 Å². The highest BCUT2D eigenvalue weighted by atomic mass is 19.1. The minimum absolute atomic E-state index is 0.172. The van der Waals surface area contributed by atoms with E-state index in [9.17, 15) is 4.39 Å². The second-order valence-corrected chi connectivity index (χ2v) is 4.71. The molecular weight excluding hydrogens is 231 g/mol. The smallest absolute Gasteiger partial charge is 0.123 e. The van der Waals surface area contributed by atoms with Crippen LogP contribution in [0.4, 0.5) is 4.39 Å². The molecule has 0 radical (unpaired) electrons. The van der Waals surface area contributed by atoms with Crippen molar-refractivity contribution in [1.82, 2.24) is 9.88 Å². The van der Waals surface area contributed by atoms with Gasteiger partial charge in [-0.05, 0) is 30.2 Å². The molecule has 1 aliphatic rings. The Kier molecular flexibility index (Phi) is 3.30. The number of H-pyrrole nitrogens is 1. The van der Waals surface area contributed by atoms with E-state index in [1.165, 1.54) is 11.6 Å². The third-order valence-electron chi connectivity index (χ3n) is 3.53. The van der Waals surface area contributed by atoms with E-state index in [-0.39, 0.29) is 5.82 Å². The summed E-state index contributed by atoms with van der Waals surface area (Å²) in [4.78, 5) is 5.58. The normalized spacial score (nSPS) is 17.4. The number of aromatic amines is 1. The minimum atomic E-state index is -0.172. The predicted molar refractivity (Wildman–Crippen MR) is 69.2 cm³/mol. The minimum Gasteiger partial charge on any atom is -0.379 e. The first-order valence-electron chi connectivity index (χ1n) is 6.38. The zero-order valence-corrected chi connectivity index (χ0v) is 10.3. The zero-order valence-electron chi connectivity index (χ0n) is 10.3.